The number of thiazole rings is 1. The van der Waals surface area contributed by atoms with Crippen LogP contribution in [0.1, 0.15) is 21.2 Å². The summed E-state index contributed by atoms with van der Waals surface area (Å²) in [4.78, 5) is 34.7. The molecular formula is C26H20N4O2S. The van der Waals surface area contributed by atoms with E-state index in [-0.39, 0.29) is 11.5 Å². The molecule has 0 atom stereocenters. The molecule has 0 saturated carbocycles. The Hall–Kier alpha value is -4.10. The van der Waals surface area contributed by atoms with Gasteiger partial charge in [0, 0.05) is 22.2 Å². The molecule has 0 aliphatic heterocycles. The maximum absolute atomic E-state index is 13.0. The number of hydrogen-bond donors (Lipinski definition) is 1. The van der Waals surface area contributed by atoms with Crippen LogP contribution in [-0.2, 0) is 0 Å². The summed E-state index contributed by atoms with van der Waals surface area (Å²) in [6.07, 6.45) is 0. The number of fused-ring (bicyclic) bond motifs is 1. The number of hydrogen-bond acceptors (Lipinski definition) is 5. The van der Waals surface area contributed by atoms with Crippen molar-refractivity contribution in [1.82, 2.24) is 14.5 Å². The third kappa shape index (κ3) is 4.06. The first-order chi connectivity index (χ1) is 16.0. The molecule has 1 N–H and O–H groups in total. The number of carbonyl (C=O) groups excluding carboxylic acids is 1. The van der Waals surface area contributed by atoms with Gasteiger partial charge in [0.25, 0.3) is 11.5 Å². The van der Waals surface area contributed by atoms with Crippen LogP contribution in [-0.4, -0.2) is 20.4 Å². The molecule has 0 saturated heterocycles. The number of nitrogens with zero attached hydrogens (tertiary/aromatic N) is 3. The predicted octanol–water partition coefficient (Wildman–Crippen LogP) is 5.38. The van der Waals surface area contributed by atoms with Gasteiger partial charge in [-0.2, -0.15) is 0 Å². The SMILES string of the molecule is Cc1nc(-c2ccc(NC(=O)c3ccc(-n4c(C)nc5ccccc5c4=O)cc3)cc2)cs1. The molecule has 0 spiro atoms. The highest BCUT2D eigenvalue weighted by molar-refractivity contribution is 7.09. The van der Waals surface area contributed by atoms with E-state index in [1.54, 1.807) is 53.2 Å². The number of carbonyl (C=O) groups is 1. The molecular weight excluding hydrogens is 432 g/mol. The number of benzene rings is 3. The highest BCUT2D eigenvalue weighted by Crippen LogP contribution is 2.23. The first-order valence-electron chi connectivity index (χ1n) is 10.4. The molecule has 2 aromatic heterocycles. The lowest BCUT2D eigenvalue weighted by atomic mass is 10.1. The minimum atomic E-state index is -0.223. The molecule has 1 amide bonds. The number of anilines is 1. The number of amides is 1. The summed E-state index contributed by atoms with van der Waals surface area (Å²) in [5.41, 5.74) is 4.33. The molecule has 33 heavy (non-hydrogen) atoms. The zero-order chi connectivity index (χ0) is 22.9. The quantitative estimate of drug-likeness (QED) is 0.397. The van der Waals surface area contributed by atoms with Crippen LogP contribution in [0, 0.1) is 13.8 Å². The number of rotatable bonds is 4. The average molecular weight is 453 g/mol. The van der Waals surface area contributed by atoms with E-state index < -0.39 is 0 Å². The molecule has 5 rings (SSSR count). The Kier molecular flexibility index (Phi) is 5.32. The van der Waals surface area contributed by atoms with Crippen LogP contribution in [0.3, 0.4) is 0 Å². The second kappa shape index (κ2) is 8.44. The van der Waals surface area contributed by atoms with Crippen molar-refractivity contribution in [3.63, 3.8) is 0 Å². The third-order valence-electron chi connectivity index (χ3n) is 5.39. The Bertz CT molecular complexity index is 1530. The van der Waals surface area contributed by atoms with E-state index in [1.807, 2.05) is 54.8 Å². The third-order valence-corrected chi connectivity index (χ3v) is 6.16. The summed E-state index contributed by atoms with van der Waals surface area (Å²) in [6, 6.07) is 21.8. The average Bonchev–Trinajstić information content (AvgIpc) is 3.26. The summed E-state index contributed by atoms with van der Waals surface area (Å²) in [7, 11) is 0. The van der Waals surface area contributed by atoms with Crippen LogP contribution >= 0.6 is 11.3 Å². The van der Waals surface area contributed by atoms with Crippen LogP contribution in [0.5, 0.6) is 0 Å². The largest absolute Gasteiger partial charge is 0.322 e. The van der Waals surface area contributed by atoms with E-state index >= 15 is 0 Å². The molecule has 6 nitrogen and oxygen atoms in total. The molecule has 0 aliphatic rings. The van der Waals surface area contributed by atoms with E-state index in [2.05, 4.69) is 15.3 Å². The van der Waals surface area contributed by atoms with E-state index in [0.29, 0.717) is 33.7 Å². The minimum Gasteiger partial charge on any atom is -0.322 e. The van der Waals surface area contributed by atoms with Gasteiger partial charge in [0.05, 0.1) is 27.3 Å². The van der Waals surface area contributed by atoms with E-state index in [9.17, 15) is 9.59 Å². The lowest BCUT2D eigenvalue weighted by Crippen LogP contribution is -2.22. The summed E-state index contributed by atoms with van der Waals surface area (Å²) >= 11 is 1.61. The Labute approximate surface area is 194 Å². The fourth-order valence-electron chi connectivity index (χ4n) is 3.73. The Balaban J connectivity index is 1.36. The highest BCUT2D eigenvalue weighted by atomic mass is 32.1. The van der Waals surface area contributed by atoms with Gasteiger partial charge in [-0.25, -0.2) is 9.97 Å². The lowest BCUT2D eigenvalue weighted by molar-refractivity contribution is 0.102. The summed E-state index contributed by atoms with van der Waals surface area (Å²) in [5, 5.41) is 6.50. The molecule has 0 fully saturated rings. The smallest absolute Gasteiger partial charge is 0.265 e. The zero-order valence-corrected chi connectivity index (χ0v) is 18.9. The van der Waals surface area contributed by atoms with E-state index in [1.165, 1.54) is 0 Å². The van der Waals surface area contributed by atoms with Crippen molar-refractivity contribution in [2.75, 3.05) is 5.32 Å². The van der Waals surface area contributed by atoms with Crippen LogP contribution in [0.2, 0.25) is 0 Å². The van der Waals surface area contributed by atoms with Gasteiger partial charge in [-0.3, -0.25) is 14.2 Å². The summed E-state index contributed by atoms with van der Waals surface area (Å²) in [5.74, 6) is 0.366. The van der Waals surface area contributed by atoms with Crippen LogP contribution in [0.15, 0.2) is 83.0 Å². The van der Waals surface area contributed by atoms with Gasteiger partial charge in [0.2, 0.25) is 0 Å². The van der Waals surface area contributed by atoms with Gasteiger partial charge in [-0.05, 0) is 62.4 Å². The fraction of sp³-hybridized carbons (Fsp3) is 0.0769. The van der Waals surface area contributed by atoms with Gasteiger partial charge in [0.1, 0.15) is 5.82 Å². The first kappa shape index (κ1) is 20.8. The number of aromatic nitrogens is 3. The van der Waals surface area contributed by atoms with Crippen molar-refractivity contribution in [1.29, 1.82) is 0 Å². The second-order valence-corrected chi connectivity index (χ2v) is 8.71. The van der Waals surface area contributed by atoms with Crippen LogP contribution in [0.4, 0.5) is 5.69 Å². The summed E-state index contributed by atoms with van der Waals surface area (Å²) < 4.78 is 1.56. The molecule has 5 aromatic rings. The molecule has 0 aliphatic carbocycles. The maximum atomic E-state index is 13.0. The number of aryl methyl sites for hydroxylation is 2. The molecule has 0 bridgehead atoms. The maximum Gasteiger partial charge on any atom is 0.265 e. The van der Waals surface area contributed by atoms with Crippen LogP contribution in [0.25, 0.3) is 27.8 Å². The minimum absolute atomic E-state index is 0.134. The number of nitrogens with one attached hydrogen (secondary N) is 1. The van der Waals surface area contributed by atoms with Crippen molar-refractivity contribution in [2.45, 2.75) is 13.8 Å². The number of para-hydroxylation sites is 1. The Morgan fingerprint density at radius 1 is 0.909 bits per heavy atom. The molecule has 7 heteroatoms. The zero-order valence-electron chi connectivity index (χ0n) is 18.1. The normalized spacial score (nSPS) is 11.0. The van der Waals surface area contributed by atoms with Gasteiger partial charge < -0.3 is 5.32 Å². The van der Waals surface area contributed by atoms with Gasteiger partial charge >= 0.3 is 0 Å². The van der Waals surface area contributed by atoms with Crippen molar-refractivity contribution >= 4 is 33.8 Å². The standard InChI is InChI=1S/C26H20N4O2S/c1-16-27-23-6-4-3-5-22(23)26(32)30(16)21-13-9-19(10-14-21)25(31)29-20-11-7-18(8-12-20)24-15-33-17(2)28-24/h3-15H,1-2H3,(H,29,31). The molecule has 3 aromatic carbocycles. The topological polar surface area (TPSA) is 76.9 Å². The molecule has 0 unspecified atom stereocenters. The molecule has 162 valence electrons. The van der Waals surface area contributed by atoms with Crippen molar-refractivity contribution in [3.05, 3.63) is 105 Å². The molecule has 0 radical (unpaired) electrons. The van der Waals surface area contributed by atoms with Crippen molar-refractivity contribution in [2.24, 2.45) is 0 Å². The van der Waals surface area contributed by atoms with Crippen molar-refractivity contribution in [3.8, 4) is 16.9 Å². The Morgan fingerprint density at radius 3 is 2.33 bits per heavy atom. The monoisotopic (exact) mass is 452 g/mol. The van der Waals surface area contributed by atoms with Gasteiger partial charge in [-0.1, -0.05) is 24.3 Å². The Morgan fingerprint density at radius 2 is 1.64 bits per heavy atom. The lowest BCUT2D eigenvalue weighted by Gasteiger charge is -2.12. The second-order valence-electron chi connectivity index (χ2n) is 7.65. The fourth-order valence-corrected chi connectivity index (χ4v) is 4.36. The van der Waals surface area contributed by atoms with Crippen molar-refractivity contribution < 1.29 is 4.79 Å². The molecule has 2 heterocycles. The predicted molar refractivity (Wildman–Crippen MR) is 132 cm³/mol. The van der Waals surface area contributed by atoms with Gasteiger partial charge in [-0.15, -0.1) is 11.3 Å². The van der Waals surface area contributed by atoms with E-state index in [0.717, 1.165) is 16.3 Å². The van der Waals surface area contributed by atoms with Gasteiger partial charge in [0.15, 0.2) is 0 Å². The first-order valence-corrected chi connectivity index (χ1v) is 11.3. The van der Waals surface area contributed by atoms with E-state index in [4.69, 9.17) is 0 Å². The summed E-state index contributed by atoms with van der Waals surface area (Å²) in [6.45, 7) is 3.77. The highest BCUT2D eigenvalue weighted by Gasteiger charge is 2.12. The van der Waals surface area contributed by atoms with Crippen LogP contribution < -0.4 is 10.9 Å².